The van der Waals surface area contributed by atoms with E-state index in [4.69, 9.17) is 4.98 Å². The highest BCUT2D eigenvalue weighted by Gasteiger charge is 2.06. The molecule has 21 heavy (non-hydrogen) atoms. The smallest absolute Gasteiger partial charge is 0.0973 e. The molecule has 0 aliphatic heterocycles. The number of aromatic nitrogens is 1. The van der Waals surface area contributed by atoms with Gasteiger partial charge in [0.2, 0.25) is 0 Å². The summed E-state index contributed by atoms with van der Waals surface area (Å²) in [7, 11) is 0. The van der Waals surface area contributed by atoms with E-state index in [0.29, 0.717) is 0 Å². The summed E-state index contributed by atoms with van der Waals surface area (Å²) in [5.41, 5.74) is 4.95. The molecule has 0 amide bonds. The van der Waals surface area contributed by atoms with Crippen molar-refractivity contribution >= 4 is 38.6 Å². The van der Waals surface area contributed by atoms with Crippen molar-refractivity contribution < 1.29 is 0 Å². The van der Waals surface area contributed by atoms with Crippen LogP contribution in [0.25, 0.3) is 10.9 Å². The van der Waals surface area contributed by atoms with E-state index in [2.05, 4.69) is 78.3 Å². The number of nitrogens with zero attached hydrogens (tertiary/aromatic N) is 1. The molecular weight excluding hydrogens is 342 g/mol. The second-order valence-electron chi connectivity index (χ2n) is 5.17. The van der Waals surface area contributed by atoms with Crippen molar-refractivity contribution in [2.75, 3.05) is 0 Å². The van der Waals surface area contributed by atoms with Crippen molar-refractivity contribution in [3.05, 3.63) is 69.7 Å². The third-order valence-electron chi connectivity index (χ3n) is 3.50. The minimum Gasteiger partial charge on any atom is -0.241 e. The molecule has 3 rings (SSSR count). The Balaban J connectivity index is 1.89. The third kappa shape index (κ3) is 3.30. The van der Waals surface area contributed by atoms with Crippen molar-refractivity contribution in [1.82, 2.24) is 4.98 Å². The largest absolute Gasteiger partial charge is 0.241 e. The summed E-state index contributed by atoms with van der Waals surface area (Å²) in [6, 6.07) is 17.0. The standard InChI is InChI=1S/C18H16BrNS/c1-12-5-3-8-16-13(2)9-17(20-18(12)16)21-11-14-6-4-7-15(19)10-14/h3-10H,11H2,1-2H3. The van der Waals surface area contributed by atoms with Crippen molar-refractivity contribution in [2.45, 2.75) is 24.6 Å². The molecule has 0 fully saturated rings. The van der Waals surface area contributed by atoms with Gasteiger partial charge in [-0.15, -0.1) is 11.8 Å². The summed E-state index contributed by atoms with van der Waals surface area (Å²) in [4.78, 5) is 4.82. The van der Waals surface area contributed by atoms with Crippen LogP contribution in [-0.2, 0) is 5.75 Å². The average molecular weight is 358 g/mol. The fraction of sp³-hybridized carbons (Fsp3) is 0.167. The zero-order valence-corrected chi connectivity index (χ0v) is 14.5. The van der Waals surface area contributed by atoms with Crippen LogP contribution >= 0.6 is 27.7 Å². The molecule has 0 spiro atoms. The number of thioether (sulfide) groups is 1. The quantitative estimate of drug-likeness (QED) is 0.540. The summed E-state index contributed by atoms with van der Waals surface area (Å²) < 4.78 is 1.12. The maximum Gasteiger partial charge on any atom is 0.0973 e. The molecule has 0 bridgehead atoms. The third-order valence-corrected chi connectivity index (χ3v) is 4.98. The zero-order valence-electron chi connectivity index (χ0n) is 12.1. The summed E-state index contributed by atoms with van der Waals surface area (Å²) in [6.45, 7) is 4.28. The monoisotopic (exact) mass is 357 g/mol. The van der Waals surface area contributed by atoms with Gasteiger partial charge in [0.15, 0.2) is 0 Å². The van der Waals surface area contributed by atoms with Gasteiger partial charge < -0.3 is 0 Å². The van der Waals surface area contributed by atoms with Crippen molar-refractivity contribution in [3.63, 3.8) is 0 Å². The van der Waals surface area contributed by atoms with Gasteiger partial charge in [-0.1, -0.05) is 46.3 Å². The Kier molecular flexibility index (Phi) is 4.32. The lowest BCUT2D eigenvalue weighted by atomic mass is 10.1. The molecule has 2 aromatic carbocycles. The Morgan fingerprint density at radius 3 is 2.62 bits per heavy atom. The van der Waals surface area contributed by atoms with Gasteiger partial charge in [-0.05, 0) is 48.7 Å². The Labute approximate surface area is 137 Å². The minimum atomic E-state index is 0.934. The summed E-state index contributed by atoms with van der Waals surface area (Å²) in [5, 5.41) is 2.34. The van der Waals surface area contributed by atoms with E-state index in [1.807, 2.05) is 0 Å². The molecule has 0 radical (unpaired) electrons. The molecule has 1 aromatic heterocycles. The number of aryl methyl sites for hydroxylation is 2. The van der Waals surface area contributed by atoms with E-state index in [1.54, 1.807) is 11.8 Å². The Morgan fingerprint density at radius 2 is 1.81 bits per heavy atom. The lowest BCUT2D eigenvalue weighted by Crippen LogP contribution is -1.90. The first-order valence-corrected chi connectivity index (χ1v) is 8.65. The highest BCUT2D eigenvalue weighted by Crippen LogP contribution is 2.28. The van der Waals surface area contributed by atoms with E-state index < -0.39 is 0 Å². The molecule has 0 aliphatic carbocycles. The number of para-hydroxylation sites is 1. The number of rotatable bonds is 3. The van der Waals surface area contributed by atoms with Crippen molar-refractivity contribution in [1.29, 1.82) is 0 Å². The molecule has 0 aliphatic rings. The Morgan fingerprint density at radius 1 is 1.00 bits per heavy atom. The highest BCUT2D eigenvalue weighted by atomic mass is 79.9. The number of hydrogen-bond donors (Lipinski definition) is 0. The fourth-order valence-electron chi connectivity index (χ4n) is 2.39. The topological polar surface area (TPSA) is 12.9 Å². The normalized spacial score (nSPS) is 11.0. The Hall–Kier alpha value is -1.32. The zero-order chi connectivity index (χ0) is 14.8. The van der Waals surface area contributed by atoms with Gasteiger partial charge >= 0.3 is 0 Å². The van der Waals surface area contributed by atoms with Gasteiger partial charge in [0, 0.05) is 15.6 Å². The van der Waals surface area contributed by atoms with E-state index in [1.165, 1.54) is 22.1 Å². The molecule has 0 unspecified atom stereocenters. The van der Waals surface area contributed by atoms with Gasteiger partial charge in [0.05, 0.1) is 10.5 Å². The van der Waals surface area contributed by atoms with Crippen LogP contribution in [0.4, 0.5) is 0 Å². The van der Waals surface area contributed by atoms with Crippen LogP contribution in [-0.4, -0.2) is 4.98 Å². The molecule has 0 saturated carbocycles. The molecule has 3 heteroatoms. The minimum absolute atomic E-state index is 0.934. The summed E-state index contributed by atoms with van der Waals surface area (Å²) in [6.07, 6.45) is 0. The molecule has 106 valence electrons. The number of hydrogen-bond acceptors (Lipinski definition) is 2. The van der Waals surface area contributed by atoms with Gasteiger partial charge in [-0.3, -0.25) is 0 Å². The maximum atomic E-state index is 4.82. The van der Waals surface area contributed by atoms with Crippen LogP contribution < -0.4 is 0 Å². The van der Waals surface area contributed by atoms with Gasteiger partial charge in [-0.2, -0.15) is 0 Å². The Bertz CT molecular complexity index is 798. The van der Waals surface area contributed by atoms with Crippen LogP contribution in [0.5, 0.6) is 0 Å². The SMILES string of the molecule is Cc1cc(SCc2cccc(Br)c2)nc2c(C)cccc12. The summed E-state index contributed by atoms with van der Waals surface area (Å²) in [5.74, 6) is 0.934. The summed E-state index contributed by atoms with van der Waals surface area (Å²) >= 11 is 5.31. The van der Waals surface area contributed by atoms with Crippen molar-refractivity contribution in [2.24, 2.45) is 0 Å². The van der Waals surface area contributed by atoms with Crippen LogP contribution in [0.1, 0.15) is 16.7 Å². The van der Waals surface area contributed by atoms with Crippen molar-refractivity contribution in [3.8, 4) is 0 Å². The first-order chi connectivity index (χ1) is 10.1. The molecule has 0 N–H and O–H groups in total. The van der Waals surface area contributed by atoms with E-state index >= 15 is 0 Å². The van der Waals surface area contributed by atoms with E-state index in [-0.39, 0.29) is 0 Å². The maximum absolute atomic E-state index is 4.82. The van der Waals surface area contributed by atoms with Crippen LogP contribution in [0.3, 0.4) is 0 Å². The molecule has 3 aromatic rings. The molecule has 0 saturated heterocycles. The fourth-order valence-corrected chi connectivity index (χ4v) is 3.75. The van der Waals surface area contributed by atoms with Gasteiger partial charge in [0.25, 0.3) is 0 Å². The molecule has 1 heterocycles. The van der Waals surface area contributed by atoms with Crippen LogP contribution in [0.2, 0.25) is 0 Å². The highest BCUT2D eigenvalue weighted by molar-refractivity contribution is 9.10. The van der Waals surface area contributed by atoms with E-state index in [9.17, 15) is 0 Å². The second kappa shape index (κ2) is 6.20. The lowest BCUT2D eigenvalue weighted by Gasteiger charge is -2.08. The first kappa shape index (κ1) is 14.6. The van der Waals surface area contributed by atoms with Gasteiger partial charge in [0.1, 0.15) is 0 Å². The molecule has 0 atom stereocenters. The van der Waals surface area contributed by atoms with Gasteiger partial charge in [-0.25, -0.2) is 4.98 Å². The predicted octanol–water partition coefficient (Wildman–Crippen LogP) is 5.91. The average Bonchev–Trinajstić information content (AvgIpc) is 2.46. The van der Waals surface area contributed by atoms with Crippen LogP contribution in [0.15, 0.2) is 58.0 Å². The van der Waals surface area contributed by atoms with E-state index in [0.717, 1.165) is 20.8 Å². The lowest BCUT2D eigenvalue weighted by molar-refractivity contribution is 1.15. The molecule has 1 nitrogen and oxygen atoms in total. The number of fused-ring (bicyclic) bond motifs is 1. The number of halogens is 1. The molecular formula is C18H16BrNS. The predicted molar refractivity (Wildman–Crippen MR) is 94.9 cm³/mol. The second-order valence-corrected chi connectivity index (χ2v) is 7.08. The number of pyridine rings is 1. The number of benzene rings is 2. The first-order valence-electron chi connectivity index (χ1n) is 6.88. The van der Waals surface area contributed by atoms with Crippen LogP contribution in [0, 0.1) is 13.8 Å².